The molecular weight excluding hydrogens is 428 g/mol. The van der Waals surface area contributed by atoms with Gasteiger partial charge in [-0.05, 0) is 43.2 Å². The number of carbonyl (C=O) groups excluding carboxylic acids is 1. The van der Waals surface area contributed by atoms with Crippen LogP contribution in [0.3, 0.4) is 0 Å². The van der Waals surface area contributed by atoms with Gasteiger partial charge in [-0.2, -0.15) is 0 Å². The topological polar surface area (TPSA) is 89.1 Å². The third-order valence-corrected chi connectivity index (χ3v) is 6.15. The van der Waals surface area contributed by atoms with Crippen LogP contribution in [0.15, 0.2) is 53.5 Å². The second-order valence-electron chi connectivity index (χ2n) is 7.72. The predicted octanol–water partition coefficient (Wildman–Crippen LogP) is 5.11. The summed E-state index contributed by atoms with van der Waals surface area (Å²) in [6.07, 6.45) is 3.93. The van der Waals surface area contributed by atoms with E-state index in [4.69, 9.17) is 13.9 Å². The lowest BCUT2D eigenvalue weighted by Crippen LogP contribution is -2.27. The second-order valence-corrected chi connectivity index (χ2v) is 8.89. The summed E-state index contributed by atoms with van der Waals surface area (Å²) in [5, 5.41) is 20.9. The molecule has 0 amide bonds. The number of ether oxygens (including phenoxy) is 2. The second kappa shape index (κ2) is 11.9. The largest absolute Gasteiger partial charge is 0.491 e. The average Bonchev–Trinajstić information content (AvgIpc) is 3.42. The Bertz CT molecular complexity index is 1020. The van der Waals surface area contributed by atoms with Crippen molar-refractivity contribution in [1.29, 1.82) is 0 Å². The van der Waals surface area contributed by atoms with Crippen LogP contribution in [0.5, 0.6) is 5.75 Å². The SMILES string of the molecule is C=CC(=O)OCC(O)CC(O)COc1ccc2cc(-c3ccc(CCCCC)s3)oc2c1. The van der Waals surface area contributed by atoms with Crippen LogP contribution in [0, 0.1) is 0 Å². The minimum Gasteiger partial charge on any atom is -0.491 e. The molecule has 0 aliphatic carbocycles. The zero-order valence-corrected chi connectivity index (χ0v) is 19.1. The van der Waals surface area contributed by atoms with E-state index < -0.39 is 18.2 Å². The fourth-order valence-electron chi connectivity index (χ4n) is 3.30. The van der Waals surface area contributed by atoms with Crippen molar-refractivity contribution in [3.05, 3.63) is 53.9 Å². The Labute approximate surface area is 192 Å². The molecule has 3 rings (SSSR count). The maximum atomic E-state index is 11.0. The summed E-state index contributed by atoms with van der Waals surface area (Å²) in [6.45, 7) is 5.29. The van der Waals surface area contributed by atoms with Gasteiger partial charge in [-0.1, -0.05) is 26.3 Å². The molecule has 0 radical (unpaired) electrons. The van der Waals surface area contributed by atoms with Crippen LogP contribution < -0.4 is 4.74 Å². The van der Waals surface area contributed by atoms with Crippen LogP contribution >= 0.6 is 11.3 Å². The normalized spacial score (nSPS) is 13.1. The minimum absolute atomic E-state index is 0.00240. The number of aliphatic hydroxyl groups excluding tert-OH is 2. The fraction of sp³-hybridized carbons (Fsp3) is 0.400. The van der Waals surface area contributed by atoms with E-state index in [0.717, 1.165) is 28.5 Å². The molecule has 0 saturated heterocycles. The van der Waals surface area contributed by atoms with E-state index in [1.54, 1.807) is 17.4 Å². The molecule has 2 heterocycles. The van der Waals surface area contributed by atoms with Crippen molar-refractivity contribution in [3.8, 4) is 16.4 Å². The van der Waals surface area contributed by atoms with E-state index in [9.17, 15) is 15.0 Å². The lowest BCUT2D eigenvalue weighted by atomic mass is 10.2. The van der Waals surface area contributed by atoms with Crippen molar-refractivity contribution in [2.75, 3.05) is 13.2 Å². The maximum absolute atomic E-state index is 11.0. The molecule has 32 heavy (non-hydrogen) atoms. The Morgan fingerprint density at radius 3 is 2.75 bits per heavy atom. The van der Waals surface area contributed by atoms with Crippen molar-refractivity contribution < 1.29 is 28.9 Å². The van der Waals surface area contributed by atoms with Crippen LogP contribution in [0.1, 0.15) is 37.5 Å². The van der Waals surface area contributed by atoms with Gasteiger partial charge in [0.15, 0.2) is 0 Å². The zero-order valence-electron chi connectivity index (χ0n) is 18.3. The highest BCUT2D eigenvalue weighted by atomic mass is 32.1. The molecule has 172 valence electrons. The van der Waals surface area contributed by atoms with Gasteiger partial charge in [0.05, 0.1) is 17.1 Å². The van der Waals surface area contributed by atoms with Gasteiger partial charge >= 0.3 is 5.97 Å². The number of aryl methyl sites for hydroxylation is 1. The molecule has 3 aromatic rings. The Morgan fingerprint density at radius 2 is 1.97 bits per heavy atom. The monoisotopic (exact) mass is 458 g/mol. The molecule has 2 aromatic heterocycles. The molecule has 0 fully saturated rings. The van der Waals surface area contributed by atoms with Gasteiger partial charge in [0.2, 0.25) is 0 Å². The van der Waals surface area contributed by atoms with Crippen molar-refractivity contribution in [2.45, 2.75) is 51.2 Å². The molecule has 0 spiro atoms. The van der Waals surface area contributed by atoms with Gasteiger partial charge in [-0.15, -0.1) is 11.3 Å². The highest BCUT2D eigenvalue weighted by Gasteiger charge is 2.15. The first kappa shape index (κ1) is 24.0. The van der Waals surface area contributed by atoms with Gasteiger partial charge in [0.25, 0.3) is 0 Å². The quantitative estimate of drug-likeness (QED) is 0.210. The summed E-state index contributed by atoms with van der Waals surface area (Å²) in [5.41, 5.74) is 0.712. The number of fused-ring (bicyclic) bond motifs is 1. The van der Waals surface area contributed by atoms with Crippen LogP contribution in [-0.2, 0) is 16.0 Å². The summed E-state index contributed by atoms with van der Waals surface area (Å²) in [7, 11) is 0. The van der Waals surface area contributed by atoms with Gasteiger partial charge in [0, 0.05) is 28.8 Å². The first-order chi connectivity index (χ1) is 15.5. The van der Waals surface area contributed by atoms with E-state index in [-0.39, 0.29) is 19.6 Å². The summed E-state index contributed by atoms with van der Waals surface area (Å²) < 4.78 is 16.5. The maximum Gasteiger partial charge on any atom is 0.330 e. The summed E-state index contributed by atoms with van der Waals surface area (Å²) in [4.78, 5) is 13.5. The zero-order chi connectivity index (χ0) is 22.9. The highest BCUT2D eigenvalue weighted by Crippen LogP contribution is 2.34. The number of aliphatic hydroxyl groups is 2. The van der Waals surface area contributed by atoms with Crippen LogP contribution in [0.2, 0.25) is 0 Å². The van der Waals surface area contributed by atoms with Gasteiger partial charge in [-0.25, -0.2) is 4.79 Å². The summed E-state index contributed by atoms with van der Waals surface area (Å²) in [5.74, 6) is 0.786. The lowest BCUT2D eigenvalue weighted by molar-refractivity contribution is -0.141. The Balaban J connectivity index is 1.54. The first-order valence-corrected chi connectivity index (χ1v) is 11.7. The van der Waals surface area contributed by atoms with E-state index in [1.807, 2.05) is 18.2 Å². The molecule has 0 aliphatic heterocycles. The van der Waals surface area contributed by atoms with Crippen molar-refractivity contribution in [2.24, 2.45) is 0 Å². The first-order valence-electron chi connectivity index (χ1n) is 10.9. The smallest absolute Gasteiger partial charge is 0.330 e. The summed E-state index contributed by atoms with van der Waals surface area (Å²) >= 11 is 1.76. The Hall–Kier alpha value is -2.61. The number of benzene rings is 1. The van der Waals surface area contributed by atoms with Crippen molar-refractivity contribution >= 4 is 28.3 Å². The minimum atomic E-state index is -0.981. The molecule has 2 atom stereocenters. The van der Waals surface area contributed by atoms with Crippen molar-refractivity contribution in [3.63, 3.8) is 0 Å². The number of carbonyl (C=O) groups is 1. The third-order valence-electron chi connectivity index (χ3n) is 4.99. The number of hydrogen-bond acceptors (Lipinski definition) is 7. The van der Waals surface area contributed by atoms with E-state index in [0.29, 0.717) is 11.3 Å². The van der Waals surface area contributed by atoms with Gasteiger partial charge in [0.1, 0.15) is 30.3 Å². The van der Waals surface area contributed by atoms with Crippen molar-refractivity contribution in [1.82, 2.24) is 0 Å². The number of thiophene rings is 1. The van der Waals surface area contributed by atoms with Crippen LogP contribution in [0.4, 0.5) is 0 Å². The Kier molecular flexibility index (Phi) is 8.90. The summed E-state index contributed by atoms with van der Waals surface area (Å²) in [6, 6.07) is 11.8. The Morgan fingerprint density at radius 1 is 1.16 bits per heavy atom. The molecule has 0 bridgehead atoms. The molecule has 7 heteroatoms. The standard InChI is InChI=1S/C25H30O6S/c1-3-5-6-7-21-10-11-24(32-21)23-12-17-8-9-20(14-22(17)31-23)29-15-18(26)13-19(27)16-30-25(28)4-2/h4,8-12,14,18-19,26-27H,2-3,5-7,13,15-16H2,1H3. The average molecular weight is 459 g/mol. The molecule has 2 N–H and O–H groups in total. The van der Waals surface area contributed by atoms with Gasteiger partial charge in [-0.3, -0.25) is 0 Å². The molecule has 0 saturated carbocycles. The number of esters is 1. The number of rotatable bonds is 13. The molecule has 0 aliphatic rings. The molecular formula is C25H30O6S. The number of furan rings is 1. The van der Waals surface area contributed by atoms with Crippen LogP contribution in [0.25, 0.3) is 21.6 Å². The predicted molar refractivity (Wildman–Crippen MR) is 126 cm³/mol. The number of unbranched alkanes of at least 4 members (excludes halogenated alkanes) is 2. The number of hydrogen-bond donors (Lipinski definition) is 2. The lowest BCUT2D eigenvalue weighted by Gasteiger charge is -2.16. The third kappa shape index (κ3) is 6.95. The fourth-order valence-corrected chi connectivity index (χ4v) is 4.30. The van der Waals surface area contributed by atoms with E-state index in [1.165, 1.54) is 24.1 Å². The van der Waals surface area contributed by atoms with E-state index in [2.05, 4.69) is 25.6 Å². The van der Waals surface area contributed by atoms with E-state index >= 15 is 0 Å². The highest BCUT2D eigenvalue weighted by molar-refractivity contribution is 7.15. The molecule has 1 aromatic carbocycles. The van der Waals surface area contributed by atoms with Gasteiger partial charge < -0.3 is 24.1 Å². The van der Waals surface area contributed by atoms with Crippen LogP contribution in [-0.4, -0.2) is 41.6 Å². The molecule has 6 nitrogen and oxygen atoms in total. The molecule has 2 unspecified atom stereocenters.